The van der Waals surface area contributed by atoms with Crippen molar-refractivity contribution < 1.29 is 14.6 Å². The number of β-amino-alcohol motifs (C(OH)–C–C–N with tert-alkyl or cyclic N) is 1. The lowest BCUT2D eigenvalue weighted by molar-refractivity contribution is -0.133. The molecule has 1 aliphatic heterocycles. The van der Waals surface area contributed by atoms with Crippen molar-refractivity contribution in [3.63, 3.8) is 0 Å². The summed E-state index contributed by atoms with van der Waals surface area (Å²) in [6, 6.07) is 0. The fraction of sp³-hybridized carbons (Fsp3) is 0.929. The fourth-order valence-corrected chi connectivity index (χ4v) is 2.31. The molecule has 1 atom stereocenters. The van der Waals surface area contributed by atoms with Crippen LogP contribution in [0.25, 0.3) is 0 Å². The van der Waals surface area contributed by atoms with Crippen LogP contribution in [0, 0.1) is 0 Å². The third-order valence-electron chi connectivity index (χ3n) is 3.50. The first-order valence-corrected chi connectivity index (χ1v) is 7.07. The van der Waals surface area contributed by atoms with E-state index in [1.807, 2.05) is 25.7 Å². The zero-order valence-electron chi connectivity index (χ0n) is 12.7. The second-order valence-corrected chi connectivity index (χ2v) is 6.05. The average Bonchev–Trinajstić information content (AvgIpc) is 2.34. The number of hydrogen-bond acceptors (Lipinski definition) is 4. The van der Waals surface area contributed by atoms with Gasteiger partial charge in [0.05, 0.1) is 11.7 Å². The standard InChI is InChI=1S/C14H28N2O3/c1-12(19-4)5-6-13(17)16-9-7-15(8-10-16)11-14(2,3)18/h12,18H,5-11H2,1-4H3. The highest BCUT2D eigenvalue weighted by Crippen LogP contribution is 2.10. The maximum Gasteiger partial charge on any atom is 0.222 e. The molecule has 0 aliphatic carbocycles. The van der Waals surface area contributed by atoms with Gasteiger partial charge in [-0.25, -0.2) is 0 Å². The Kier molecular flexibility index (Phi) is 6.23. The highest BCUT2D eigenvalue weighted by Gasteiger charge is 2.24. The van der Waals surface area contributed by atoms with Crippen LogP contribution in [0.2, 0.25) is 0 Å². The molecule has 112 valence electrons. The van der Waals surface area contributed by atoms with E-state index >= 15 is 0 Å². The van der Waals surface area contributed by atoms with Crippen molar-refractivity contribution in [2.45, 2.75) is 45.3 Å². The number of methoxy groups -OCH3 is 1. The Labute approximate surface area is 116 Å². The molecular formula is C14H28N2O3. The Balaban J connectivity index is 2.27. The number of rotatable bonds is 6. The molecule has 1 amide bonds. The summed E-state index contributed by atoms with van der Waals surface area (Å²) in [5.41, 5.74) is -0.667. The Morgan fingerprint density at radius 3 is 2.37 bits per heavy atom. The summed E-state index contributed by atoms with van der Waals surface area (Å²) in [7, 11) is 1.67. The topological polar surface area (TPSA) is 53.0 Å². The zero-order valence-corrected chi connectivity index (χ0v) is 12.7. The maximum atomic E-state index is 12.0. The van der Waals surface area contributed by atoms with Gasteiger partial charge in [0.15, 0.2) is 0 Å². The normalized spacial score (nSPS) is 19.5. The molecule has 5 heteroatoms. The smallest absolute Gasteiger partial charge is 0.222 e. The van der Waals surface area contributed by atoms with E-state index in [0.717, 1.165) is 32.6 Å². The van der Waals surface area contributed by atoms with Gasteiger partial charge in [-0.3, -0.25) is 9.69 Å². The summed E-state index contributed by atoms with van der Waals surface area (Å²) in [6.45, 7) is 9.48. The quantitative estimate of drug-likeness (QED) is 0.774. The van der Waals surface area contributed by atoms with Crippen molar-refractivity contribution in [3.05, 3.63) is 0 Å². The molecule has 1 rings (SSSR count). The molecule has 1 unspecified atom stereocenters. The van der Waals surface area contributed by atoms with Crippen molar-refractivity contribution in [1.82, 2.24) is 9.80 Å². The molecule has 0 aromatic rings. The molecule has 0 bridgehead atoms. The Morgan fingerprint density at radius 2 is 1.89 bits per heavy atom. The Bertz CT molecular complexity index is 281. The highest BCUT2D eigenvalue weighted by molar-refractivity contribution is 5.76. The summed E-state index contributed by atoms with van der Waals surface area (Å²) in [6.07, 6.45) is 1.47. The fourth-order valence-electron chi connectivity index (χ4n) is 2.31. The molecule has 0 aromatic heterocycles. The van der Waals surface area contributed by atoms with Crippen LogP contribution in [0.5, 0.6) is 0 Å². The first kappa shape index (κ1) is 16.4. The predicted molar refractivity (Wildman–Crippen MR) is 75.0 cm³/mol. The number of ether oxygens (including phenoxy) is 1. The number of carbonyl (C=O) groups excluding carboxylic acids is 1. The molecule has 0 radical (unpaired) electrons. The van der Waals surface area contributed by atoms with Crippen molar-refractivity contribution in [3.8, 4) is 0 Å². The molecule has 5 nitrogen and oxygen atoms in total. The highest BCUT2D eigenvalue weighted by atomic mass is 16.5. The first-order valence-electron chi connectivity index (χ1n) is 7.07. The minimum Gasteiger partial charge on any atom is -0.389 e. The molecule has 1 saturated heterocycles. The molecule has 1 aliphatic rings. The van der Waals surface area contributed by atoms with Gasteiger partial charge in [-0.15, -0.1) is 0 Å². The van der Waals surface area contributed by atoms with Gasteiger partial charge in [0.2, 0.25) is 5.91 Å². The van der Waals surface area contributed by atoms with E-state index in [4.69, 9.17) is 4.74 Å². The second-order valence-electron chi connectivity index (χ2n) is 6.05. The summed E-state index contributed by atoms with van der Waals surface area (Å²) in [5, 5.41) is 9.78. The van der Waals surface area contributed by atoms with Crippen molar-refractivity contribution in [1.29, 1.82) is 0 Å². The van der Waals surface area contributed by atoms with Crippen LogP contribution in [-0.2, 0) is 9.53 Å². The van der Waals surface area contributed by atoms with Crippen molar-refractivity contribution >= 4 is 5.91 Å². The number of carbonyl (C=O) groups is 1. The van der Waals surface area contributed by atoms with Gasteiger partial charge >= 0.3 is 0 Å². The van der Waals surface area contributed by atoms with Gasteiger partial charge in [-0.05, 0) is 27.2 Å². The van der Waals surface area contributed by atoms with Crippen LogP contribution in [0.1, 0.15) is 33.6 Å². The molecular weight excluding hydrogens is 244 g/mol. The SMILES string of the molecule is COC(C)CCC(=O)N1CCN(CC(C)(C)O)CC1. The molecule has 1 N–H and O–H groups in total. The third-order valence-corrected chi connectivity index (χ3v) is 3.50. The summed E-state index contributed by atoms with van der Waals surface area (Å²) in [4.78, 5) is 16.1. The van der Waals surface area contributed by atoms with Crippen LogP contribution in [0.3, 0.4) is 0 Å². The van der Waals surface area contributed by atoms with E-state index in [9.17, 15) is 9.90 Å². The third kappa shape index (κ3) is 6.36. The lowest BCUT2D eigenvalue weighted by Gasteiger charge is -2.37. The zero-order chi connectivity index (χ0) is 14.5. The van der Waals surface area contributed by atoms with Gasteiger partial charge in [-0.1, -0.05) is 0 Å². The van der Waals surface area contributed by atoms with Gasteiger partial charge in [0.25, 0.3) is 0 Å². The average molecular weight is 272 g/mol. The van der Waals surface area contributed by atoms with E-state index in [2.05, 4.69) is 4.90 Å². The van der Waals surface area contributed by atoms with E-state index in [-0.39, 0.29) is 12.0 Å². The van der Waals surface area contributed by atoms with Crippen molar-refractivity contribution in [2.75, 3.05) is 39.8 Å². The van der Waals surface area contributed by atoms with Crippen LogP contribution >= 0.6 is 0 Å². The van der Waals surface area contributed by atoms with Gasteiger partial charge in [-0.2, -0.15) is 0 Å². The summed E-state index contributed by atoms with van der Waals surface area (Å²) >= 11 is 0. The lowest BCUT2D eigenvalue weighted by Crippen LogP contribution is -2.52. The van der Waals surface area contributed by atoms with Crippen LogP contribution in [0.15, 0.2) is 0 Å². The van der Waals surface area contributed by atoms with Crippen LogP contribution in [-0.4, -0.2) is 72.4 Å². The molecule has 0 aromatic carbocycles. The Morgan fingerprint density at radius 1 is 1.32 bits per heavy atom. The van der Waals surface area contributed by atoms with Crippen LogP contribution < -0.4 is 0 Å². The van der Waals surface area contributed by atoms with Crippen LogP contribution in [0.4, 0.5) is 0 Å². The van der Waals surface area contributed by atoms with E-state index < -0.39 is 5.60 Å². The minimum atomic E-state index is -0.667. The van der Waals surface area contributed by atoms with Gasteiger partial charge in [0, 0.05) is 46.3 Å². The monoisotopic (exact) mass is 272 g/mol. The second kappa shape index (κ2) is 7.22. The number of piperazine rings is 1. The maximum absolute atomic E-state index is 12.0. The number of nitrogens with zero attached hydrogens (tertiary/aromatic N) is 2. The van der Waals surface area contributed by atoms with Crippen molar-refractivity contribution in [2.24, 2.45) is 0 Å². The van der Waals surface area contributed by atoms with E-state index in [0.29, 0.717) is 13.0 Å². The van der Waals surface area contributed by atoms with Gasteiger partial charge in [0.1, 0.15) is 0 Å². The van der Waals surface area contributed by atoms with E-state index in [1.54, 1.807) is 7.11 Å². The molecule has 1 fully saturated rings. The summed E-state index contributed by atoms with van der Waals surface area (Å²) in [5.74, 6) is 0.215. The minimum absolute atomic E-state index is 0.139. The molecule has 1 heterocycles. The number of amides is 1. The number of aliphatic hydroxyl groups is 1. The predicted octanol–water partition coefficient (Wildman–Crippen LogP) is 0.717. The lowest BCUT2D eigenvalue weighted by atomic mass is 10.1. The first-order chi connectivity index (χ1) is 8.81. The Hall–Kier alpha value is -0.650. The largest absolute Gasteiger partial charge is 0.389 e. The van der Waals surface area contributed by atoms with Gasteiger partial charge < -0.3 is 14.7 Å². The summed E-state index contributed by atoms with van der Waals surface area (Å²) < 4.78 is 5.15. The number of hydrogen-bond donors (Lipinski definition) is 1. The molecule has 0 spiro atoms. The molecule has 19 heavy (non-hydrogen) atoms. The van der Waals surface area contributed by atoms with E-state index in [1.165, 1.54) is 0 Å². The molecule has 0 saturated carbocycles.